The number of phenolic OH excluding ortho intramolecular Hbond substituents is 1. The number of nitrogens with one attached hydrogen (secondary N) is 1. The molecule has 4 nitrogen and oxygen atoms in total. The molecule has 1 saturated carbocycles. The third-order valence-electron chi connectivity index (χ3n) is 4.48. The van der Waals surface area contributed by atoms with E-state index in [4.69, 9.17) is 4.99 Å². The summed E-state index contributed by atoms with van der Waals surface area (Å²) in [4.78, 5) is 7.91. The summed E-state index contributed by atoms with van der Waals surface area (Å²) in [5.41, 5.74) is 3.06. The summed E-state index contributed by atoms with van der Waals surface area (Å²) in [6, 6.07) is 13.1. The molecule has 1 aliphatic rings. The summed E-state index contributed by atoms with van der Waals surface area (Å²) >= 11 is 3.49. The van der Waals surface area contributed by atoms with E-state index in [9.17, 15) is 10.2 Å². The van der Waals surface area contributed by atoms with Crippen molar-refractivity contribution in [3.63, 3.8) is 0 Å². The van der Waals surface area contributed by atoms with Crippen LogP contribution in [0.2, 0.25) is 0 Å². The minimum atomic E-state index is 0.101. The molecule has 24 heavy (non-hydrogen) atoms. The number of benzene rings is 2. The molecule has 0 atom stereocenters. The molecule has 0 aliphatic heterocycles. The van der Waals surface area contributed by atoms with Gasteiger partial charge in [-0.25, -0.2) is 0 Å². The van der Waals surface area contributed by atoms with Crippen molar-refractivity contribution in [3.05, 3.63) is 58.1 Å². The van der Waals surface area contributed by atoms with E-state index >= 15 is 0 Å². The molecule has 1 heterocycles. The van der Waals surface area contributed by atoms with Crippen LogP contribution in [0.25, 0.3) is 10.9 Å². The van der Waals surface area contributed by atoms with Crippen molar-refractivity contribution < 1.29 is 10.2 Å². The number of aromatic nitrogens is 1. The molecule has 4 rings (SSSR count). The predicted octanol–water partition coefficient (Wildman–Crippen LogP) is 4.73. The van der Waals surface area contributed by atoms with Crippen molar-refractivity contribution in [1.29, 1.82) is 0 Å². The van der Waals surface area contributed by atoms with Crippen molar-refractivity contribution in [2.24, 2.45) is 4.99 Å². The fraction of sp³-hybridized carbons (Fsp3) is 0.211. The standard InChI is InChI=1S/C19H17BrN2O2/c20-12-7-8-16-15(10-12)17(19(24)22-16)18(21-13-4-2-5-13)11-3-1-6-14(23)9-11/h1,3,6-10,13,22-24H,2,4-5H2. The van der Waals surface area contributed by atoms with Crippen LogP contribution in [0.1, 0.15) is 30.4 Å². The number of rotatable bonds is 3. The monoisotopic (exact) mass is 384 g/mol. The molecule has 122 valence electrons. The number of hydrogen-bond donors (Lipinski definition) is 3. The second-order valence-electron chi connectivity index (χ2n) is 6.15. The zero-order valence-corrected chi connectivity index (χ0v) is 14.5. The first kappa shape index (κ1) is 15.3. The number of halogens is 1. The van der Waals surface area contributed by atoms with Gasteiger partial charge in [-0.1, -0.05) is 28.1 Å². The number of nitrogens with zero attached hydrogens (tertiary/aromatic N) is 1. The van der Waals surface area contributed by atoms with Crippen LogP contribution in [0, 0.1) is 0 Å². The third kappa shape index (κ3) is 2.69. The van der Waals surface area contributed by atoms with Gasteiger partial charge in [-0.2, -0.15) is 0 Å². The normalized spacial score (nSPS) is 15.6. The molecule has 0 spiro atoms. The molecule has 0 unspecified atom stereocenters. The Balaban J connectivity index is 1.95. The van der Waals surface area contributed by atoms with Crippen LogP contribution in [0.4, 0.5) is 0 Å². The first-order valence-corrected chi connectivity index (χ1v) is 8.79. The van der Waals surface area contributed by atoms with Gasteiger partial charge in [0.15, 0.2) is 5.88 Å². The summed E-state index contributed by atoms with van der Waals surface area (Å²) in [6.45, 7) is 0. The smallest absolute Gasteiger partial charge is 0.199 e. The summed E-state index contributed by atoms with van der Waals surface area (Å²) < 4.78 is 0.939. The molecule has 2 aromatic carbocycles. The Labute approximate surface area is 148 Å². The highest BCUT2D eigenvalue weighted by Crippen LogP contribution is 2.34. The Morgan fingerprint density at radius 1 is 1.12 bits per heavy atom. The van der Waals surface area contributed by atoms with E-state index in [0.29, 0.717) is 5.56 Å². The Kier molecular flexibility index (Phi) is 3.81. The van der Waals surface area contributed by atoms with Gasteiger partial charge in [0, 0.05) is 20.9 Å². The lowest BCUT2D eigenvalue weighted by molar-refractivity contribution is 0.420. The van der Waals surface area contributed by atoms with Crippen molar-refractivity contribution in [2.75, 3.05) is 0 Å². The molecule has 0 amide bonds. The maximum Gasteiger partial charge on any atom is 0.199 e. The summed E-state index contributed by atoms with van der Waals surface area (Å²) in [5, 5.41) is 21.3. The average molecular weight is 385 g/mol. The number of hydrogen-bond acceptors (Lipinski definition) is 3. The van der Waals surface area contributed by atoms with E-state index in [1.165, 1.54) is 6.42 Å². The molecule has 1 fully saturated rings. The largest absolute Gasteiger partial charge is 0.508 e. The lowest BCUT2D eigenvalue weighted by atomic mass is 9.92. The van der Waals surface area contributed by atoms with E-state index in [0.717, 1.165) is 39.5 Å². The Morgan fingerprint density at radius 3 is 2.67 bits per heavy atom. The highest BCUT2D eigenvalue weighted by molar-refractivity contribution is 9.10. The number of fused-ring (bicyclic) bond motifs is 1. The van der Waals surface area contributed by atoms with Gasteiger partial charge in [0.1, 0.15) is 5.75 Å². The van der Waals surface area contributed by atoms with Crippen LogP contribution in [0.3, 0.4) is 0 Å². The maximum atomic E-state index is 10.5. The summed E-state index contributed by atoms with van der Waals surface area (Å²) in [7, 11) is 0. The van der Waals surface area contributed by atoms with Gasteiger partial charge in [0.2, 0.25) is 0 Å². The second kappa shape index (κ2) is 5.98. The number of aromatic hydroxyl groups is 2. The van der Waals surface area contributed by atoms with Gasteiger partial charge in [0.25, 0.3) is 0 Å². The fourth-order valence-electron chi connectivity index (χ4n) is 3.02. The van der Waals surface area contributed by atoms with Gasteiger partial charge in [-0.3, -0.25) is 4.99 Å². The molecule has 3 aromatic rings. The van der Waals surface area contributed by atoms with Crippen LogP contribution < -0.4 is 0 Å². The highest BCUT2D eigenvalue weighted by Gasteiger charge is 2.23. The molecule has 5 heteroatoms. The van der Waals surface area contributed by atoms with Crippen molar-refractivity contribution in [2.45, 2.75) is 25.3 Å². The molecule has 0 saturated heterocycles. The molecule has 0 radical (unpaired) electrons. The molecular formula is C19H17BrN2O2. The highest BCUT2D eigenvalue weighted by atomic mass is 79.9. The lowest BCUT2D eigenvalue weighted by Gasteiger charge is -2.22. The van der Waals surface area contributed by atoms with Gasteiger partial charge < -0.3 is 15.2 Å². The van der Waals surface area contributed by atoms with Crippen LogP contribution in [-0.4, -0.2) is 27.0 Å². The van der Waals surface area contributed by atoms with Crippen LogP contribution >= 0.6 is 15.9 Å². The summed E-state index contributed by atoms with van der Waals surface area (Å²) in [5.74, 6) is 0.291. The second-order valence-corrected chi connectivity index (χ2v) is 7.07. The van der Waals surface area contributed by atoms with Gasteiger partial charge in [-0.05, 0) is 49.6 Å². The maximum absolute atomic E-state index is 10.5. The number of aromatic amines is 1. The number of phenols is 1. The zero-order valence-electron chi connectivity index (χ0n) is 13.0. The van der Waals surface area contributed by atoms with Crippen LogP contribution in [0.15, 0.2) is 51.9 Å². The van der Waals surface area contributed by atoms with Crippen molar-refractivity contribution in [1.82, 2.24) is 4.98 Å². The quantitative estimate of drug-likeness (QED) is 0.571. The molecule has 3 N–H and O–H groups in total. The SMILES string of the molecule is Oc1cccc(C(=NC2CCC2)c2c(O)[nH]c3ccc(Br)cc23)c1. The third-order valence-corrected chi connectivity index (χ3v) is 4.98. The number of aliphatic imine (C=N–C) groups is 1. The van der Waals surface area contributed by atoms with E-state index < -0.39 is 0 Å². The number of H-pyrrole nitrogens is 1. The Hall–Kier alpha value is -2.27. The Morgan fingerprint density at radius 2 is 1.96 bits per heavy atom. The van der Waals surface area contributed by atoms with Gasteiger partial charge in [-0.15, -0.1) is 0 Å². The Bertz CT molecular complexity index is 942. The zero-order chi connectivity index (χ0) is 16.7. The van der Waals surface area contributed by atoms with Crippen LogP contribution in [-0.2, 0) is 0 Å². The van der Waals surface area contributed by atoms with Crippen molar-refractivity contribution >= 4 is 32.5 Å². The topological polar surface area (TPSA) is 68.6 Å². The van der Waals surface area contributed by atoms with Crippen molar-refractivity contribution in [3.8, 4) is 11.6 Å². The fourth-order valence-corrected chi connectivity index (χ4v) is 3.39. The average Bonchev–Trinajstić information content (AvgIpc) is 2.82. The minimum absolute atomic E-state index is 0.101. The van der Waals surface area contributed by atoms with Gasteiger partial charge in [0.05, 0.1) is 17.3 Å². The van der Waals surface area contributed by atoms with E-state index in [2.05, 4.69) is 20.9 Å². The van der Waals surface area contributed by atoms with E-state index in [1.54, 1.807) is 18.2 Å². The summed E-state index contributed by atoms with van der Waals surface area (Å²) in [6.07, 6.45) is 3.32. The first-order chi connectivity index (χ1) is 11.6. The first-order valence-electron chi connectivity index (χ1n) is 7.99. The molecule has 0 bridgehead atoms. The van der Waals surface area contributed by atoms with Gasteiger partial charge >= 0.3 is 0 Å². The molecule has 1 aromatic heterocycles. The van der Waals surface area contributed by atoms with Crippen LogP contribution in [0.5, 0.6) is 11.6 Å². The molecular weight excluding hydrogens is 368 g/mol. The lowest BCUT2D eigenvalue weighted by Crippen LogP contribution is -2.18. The van der Waals surface area contributed by atoms with E-state index in [1.807, 2.05) is 24.3 Å². The minimum Gasteiger partial charge on any atom is -0.508 e. The predicted molar refractivity (Wildman–Crippen MR) is 99.0 cm³/mol. The molecule has 1 aliphatic carbocycles. The van der Waals surface area contributed by atoms with E-state index in [-0.39, 0.29) is 17.7 Å².